The second-order valence-corrected chi connectivity index (χ2v) is 4.86. The Balaban J connectivity index is 2.46. The first kappa shape index (κ1) is 12.0. The van der Waals surface area contributed by atoms with Gasteiger partial charge in [0.25, 0.3) is 0 Å². The van der Waals surface area contributed by atoms with E-state index in [4.69, 9.17) is 0 Å². The maximum atomic E-state index is 3.96. The van der Waals surface area contributed by atoms with Crippen LogP contribution >= 0.6 is 0 Å². The van der Waals surface area contributed by atoms with Gasteiger partial charge in [0.2, 0.25) is 0 Å². The minimum Gasteiger partial charge on any atom is -0.307 e. The van der Waals surface area contributed by atoms with E-state index in [-0.39, 0.29) is 5.54 Å². The predicted molar refractivity (Wildman–Crippen MR) is 66.8 cm³/mol. The fourth-order valence-electron chi connectivity index (χ4n) is 1.75. The lowest BCUT2D eigenvalue weighted by molar-refractivity contribution is 0.383. The molecule has 0 heterocycles. The molecule has 0 aromatic heterocycles. The summed E-state index contributed by atoms with van der Waals surface area (Å²) in [6.07, 6.45) is 1.01. The van der Waals surface area contributed by atoms with Crippen LogP contribution in [-0.4, -0.2) is 5.54 Å². The van der Waals surface area contributed by atoms with Gasteiger partial charge in [-0.1, -0.05) is 35.9 Å². The van der Waals surface area contributed by atoms with Gasteiger partial charge in [-0.25, -0.2) is 0 Å². The van der Waals surface area contributed by atoms with E-state index in [0.717, 1.165) is 13.0 Å². The van der Waals surface area contributed by atoms with E-state index >= 15 is 0 Å². The summed E-state index contributed by atoms with van der Waals surface area (Å²) < 4.78 is 0. The summed E-state index contributed by atoms with van der Waals surface area (Å²) in [5.74, 6) is 0. The lowest BCUT2D eigenvalue weighted by atomic mass is 9.96. The zero-order valence-corrected chi connectivity index (χ0v) is 10.0. The molecule has 0 bridgehead atoms. The minimum absolute atomic E-state index is 0.127. The summed E-state index contributed by atoms with van der Waals surface area (Å²) in [6, 6.07) is 10.5. The zero-order valence-electron chi connectivity index (χ0n) is 10.0. The van der Waals surface area contributed by atoms with Crippen molar-refractivity contribution in [3.63, 3.8) is 0 Å². The molecule has 82 valence electrons. The first-order valence-corrected chi connectivity index (χ1v) is 5.43. The van der Waals surface area contributed by atoms with Gasteiger partial charge < -0.3 is 5.32 Å². The first-order valence-electron chi connectivity index (χ1n) is 5.43. The third kappa shape index (κ3) is 4.80. The van der Waals surface area contributed by atoms with Crippen molar-refractivity contribution in [1.82, 2.24) is 5.32 Å². The molecule has 0 radical (unpaired) electrons. The van der Waals surface area contributed by atoms with Crippen molar-refractivity contribution in [3.8, 4) is 0 Å². The molecule has 0 aliphatic rings. The van der Waals surface area contributed by atoms with Crippen LogP contribution in [0, 0.1) is 0 Å². The Morgan fingerprint density at radius 1 is 1.27 bits per heavy atom. The van der Waals surface area contributed by atoms with Crippen LogP contribution < -0.4 is 5.32 Å². The van der Waals surface area contributed by atoms with E-state index in [1.807, 2.05) is 6.07 Å². The number of benzene rings is 1. The molecule has 0 aliphatic carbocycles. The zero-order chi connectivity index (χ0) is 11.3. The van der Waals surface area contributed by atoms with E-state index in [0.29, 0.717) is 0 Å². The summed E-state index contributed by atoms with van der Waals surface area (Å²) in [5, 5.41) is 3.55. The molecule has 0 atom stereocenters. The SMILES string of the molecule is C=C(C)CC(C)(C)NCc1ccccc1. The largest absolute Gasteiger partial charge is 0.307 e. The fourth-order valence-corrected chi connectivity index (χ4v) is 1.75. The highest BCUT2D eigenvalue weighted by atomic mass is 14.9. The summed E-state index contributed by atoms with van der Waals surface area (Å²) in [5.41, 5.74) is 2.68. The predicted octanol–water partition coefficient (Wildman–Crippen LogP) is 3.52. The third-order valence-electron chi connectivity index (χ3n) is 2.36. The molecule has 0 amide bonds. The van der Waals surface area contributed by atoms with Crippen molar-refractivity contribution < 1.29 is 0 Å². The second-order valence-electron chi connectivity index (χ2n) is 4.86. The van der Waals surface area contributed by atoms with Gasteiger partial charge in [0.15, 0.2) is 0 Å². The molecule has 0 saturated carbocycles. The van der Waals surface area contributed by atoms with Gasteiger partial charge in [0, 0.05) is 12.1 Å². The number of nitrogens with one attached hydrogen (secondary N) is 1. The Morgan fingerprint density at radius 3 is 2.40 bits per heavy atom. The van der Waals surface area contributed by atoms with E-state index in [9.17, 15) is 0 Å². The van der Waals surface area contributed by atoms with Gasteiger partial charge >= 0.3 is 0 Å². The van der Waals surface area contributed by atoms with Gasteiger partial charge in [0.1, 0.15) is 0 Å². The highest BCUT2D eigenvalue weighted by Crippen LogP contribution is 2.14. The van der Waals surface area contributed by atoms with Gasteiger partial charge in [0.05, 0.1) is 0 Å². The molecule has 1 nitrogen and oxygen atoms in total. The number of hydrogen-bond donors (Lipinski definition) is 1. The van der Waals surface area contributed by atoms with Crippen LogP contribution in [0.25, 0.3) is 0 Å². The standard InChI is InChI=1S/C14H21N/c1-12(2)10-14(3,4)15-11-13-8-6-5-7-9-13/h5-9,15H,1,10-11H2,2-4H3. The van der Waals surface area contributed by atoms with Crippen LogP contribution in [0.4, 0.5) is 0 Å². The second kappa shape index (κ2) is 5.13. The van der Waals surface area contributed by atoms with Crippen LogP contribution in [0.15, 0.2) is 42.5 Å². The molecule has 0 unspecified atom stereocenters. The Labute approximate surface area is 93.2 Å². The molecule has 0 fully saturated rings. The topological polar surface area (TPSA) is 12.0 Å². The minimum atomic E-state index is 0.127. The van der Waals surface area contributed by atoms with E-state index in [1.54, 1.807) is 0 Å². The smallest absolute Gasteiger partial charge is 0.0210 e. The van der Waals surface area contributed by atoms with Gasteiger partial charge in [-0.05, 0) is 32.8 Å². The van der Waals surface area contributed by atoms with E-state index in [1.165, 1.54) is 11.1 Å². The Kier molecular flexibility index (Phi) is 4.10. The molecule has 1 rings (SSSR count). The Morgan fingerprint density at radius 2 is 1.87 bits per heavy atom. The third-order valence-corrected chi connectivity index (χ3v) is 2.36. The summed E-state index contributed by atoms with van der Waals surface area (Å²) in [4.78, 5) is 0. The average molecular weight is 203 g/mol. The molecular formula is C14H21N. The number of rotatable bonds is 5. The fraction of sp³-hybridized carbons (Fsp3) is 0.429. The van der Waals surface area contributed by atoms with Crippen molar-refractivity contribution in [3.05, 3.63) is 48.0 Å². The van der Waals surface area contributed by atoms with Crippen molar-refractivity contribution in [2.45, 2.75) is 39.3 Å². The maximum Gasteiger partial charge on any atom is 0.0210 e. The summed E-state index contributed by atoms with van der Waals surface area (Å²) in [6.45, 7) is 11.4. The summed E-state index contributed by atoms with van der Waals surface area (Å²) in [7, 11) is 0. The highest BCUT2D eigenvalue weighted by Gasteiger charge is 2.16. The molecule has 1 heteroatoms. The van der Waals surface area contributed by atoms with Crippen molar-refractivity contribution in [2.24, 2.45) is 0 Å². The van der Waals surface area contributed by atoms with Crippen LogP contribution in [0.3, 0.4) is 0 Å². The highest BCUT2D eigenvalue weighted by molar-refractivity contribution is 5.14. The monoisotopic (exact) mass is 203 g/mol. The molecular weight excluding hydrogens is 182 g/mol. The van der Waals surface area contributed by atoms with Crippen LogP contribution in [0.1, 0.15) is 32.8 Å². The summed E-state index contributed by atoms with van der Waals surface area (Å²) >= 11 is 0. The quantitative estimate of drug-likeness (QED) is 0.722. The van der Waals surface area contributed by atoms with Gasteiger partial charge in [-0.2, -0.15) is 0 Å². The van der Waals surface area contributed by atoms with E-state index in [2.05, 4.69) is 56.9 Å². The average Bonchev–Trinajstić information content (AvgIpc) is 2.15. The van der Waals surface area contributed by atoms with Crippen LogP contribution in [-0.2, 0) is 6.54 Å². The Bertz CT molecular complexity index is 311. The lowest BCUT2D eigenvalue weighted by Gasteiger charge is -2.26. The molecule has 0 saturated heterocycles. The maximum absolute atomic E-state index is 3.96. The molecule has 1 N–H and O–H groups in total. The molecule has 0 spiro atoms. The van der Waals surface area contributed by atoms with Gasteiger partial charge in [-0.3, -0.25) is 0 Å². The molecule has 1 aromatic carbocycles. The van der Waals surface area contributed by atoms with Gasteiger partial charge in [-0.15, -0.1) is 6.58 Å². The molecule has 15 heavy (non-hydrogen) atoms. The van der Waals surface area contributed by atoms with E-state index < -0.39 is 0 Å². The van der Waals surface area contributed by atoms with Crippen molar-refractivity contribution in [1.29, 1.82) is 0 Å². The van der Waals surface area contributed by atoms with Crippen LogP contribution in [0.5, 0.6) is 0 Å². The normalized spacial score (nSPS) is 11.4. The van der Waals surface area contributed by atoms with Crippen molar-refractivity contribution >= 4 is 0 Å². The van der Waals surface area contributed by atoms with Crippen molar-refractivity contribution in [2.75, 3.05) is 0 Å². The number of hydrogen-bond acceptors (Lipinski definition) is 1. The Hall–Kier alpha value is -1.08. The lowest BCUT2D eigenvalue weighted by Crippen LogP contribution is -2.38. The molecule has 0 aliphatic heterocycles. The molecule has 1 aromatic rings. The first-order chi connectivity index (χ1) is 6.99. The van der Waals surface area contributed by atoms with Crippen LogP contribution in [0.2, 0.25) is 0 Å².